The summed E-state index contributed by atoms with van der Waals surface area (Å²) in [6, 6.07) is 11.8. The van der Waals surface area contributed by atoms with Crippen molar-refractivity contribution in [3.8, 4) is 22.9 Å². The molecule has 0 amide bonds. The Hall–Kier alpha value is -2.13. The van der Waals surface area contributed by atoms with E-state index in [0.29, 0.717) is 16.9 Å². The van der Waals surface area contributed by atoms with Gasteiger partial charge in [0.15, 0.2) is 0 Å². The van der Waals surface area contributed by atoms with Crippen LogP contribution in [0.3, 0.4) is 0 Å². The summed E-state index contributed by atoms with van der Waals surface area (Å²) in [5, 5.41) is 21.7. The molecule has 0 bridgehead atoms. The molecule has 24 heavy (non-hydrogen) atoms. The number of nitrogens with one attached hydrogen (secondary N) is 1. The van der Waals surface area contributed by atoms with Crippen molar-refractivity contribution in [3.63, 3.8) is 0 Å². The fourth-order valence-corrected chi connectivity index (χ4v) is 3.38. The Bertz CT molecular complexity index is 766. The van der Waals surface area contributed by atoms with Crippen LogP contribution in [-0.4, -0.2) is 30.9 Å². The van der Waals surface area contributed by atoms with Gasteiger partial charge in [0.1, 0.15) is 17.6 Å². The second-order valence-electron chi connectivity index (χ2n) is 5.68. The minimum absolute atomic E-state index is 0.0382. The van der Waals surface area contributed by atoms with Crippen LogP contribution >= 0.6 is 11.6 Å². The van der Waals surface area contributed by atoms with Crippen molar-refractivity contribution in [3.05, 3.63) is 52.8 Å². The maximum Gasteiger partial charge on any atom is 0.136 e. The number of nitriles is 1. The summed E-state index contributed by atoms with van der Waals surface area (Å²) in [4.78, 5) is 0. The highest BCUT2D eigenvalue weighted by Gasteiger charge is 2.41. The molecule has 1 heterocycles. The van der Waals surface area contributed by atoms with Gasteiger partial charge in [-0.15, -0.1) is 0 Å². The van der Waals surface area contributed by atoms with Gasteiger partial charge in [0.2, 0.25) is 0 Å². The third-order valence-electron chi connectivity index (χ3n) is 4.36. The van der Waals surface area contributed by atoms with Gasteiger partial charge in [0, 0.05) is 23.6 Å². The van der Waals surface area contributed by atoms with E-state index < -0.39 is 5.82 Å². The average Bonchev–Trinajstić information content (AvgIpc) is 2.55. The molecular formula is C18H16ClFN2O2. The number of ether oxygens (including phenoxy) is 1. The normalized spacial score (nSPS) is 22.5. The van der Waals surface area contributed by atoms with Crippen molar-refractivity contribution >= 4 is 11.6 Å². The molecule has 1 aliphatic heterocycles. The lowest BCUT2D eigenvalue weighted by Crippen LogP contribution is -2.60. The van der Waals surface area contributed by atoms with Gasteiger partial charge in [0.25, 0.3) is 0 Å². The van der Waals surface area contributed by atoms with E-state index in [1.54, 1.807) is 18.2 Å². The Labute approximate surface area is 144 Å². The van der Waals surface area contributed by atoms with Gasteiger partial charge in [0.05, 0.1) is 24.8 Å². The lowest BCUT2D eigenvalue weighted by molar-refractivity contribution is 0.151. The van der Waals surface area contributed by atoms with Gasteiger partial charge in [-0.05, 0) is 17.2 Å². The van der Waals surface area contributed by atoms with Crippen molar-refractivity contribution in [2.75, 3.05) is 13.7 Å². The highest BCUT2D eigenvalue weighted by atomic mass is 35.5. The average molecular weight is 347 g/mol. The number of nitrogens with zero attached hydrogens (tertiary/aromatic N) is 1. The summed E-state index contributed by atoms with van der Waals surface area (Å²) in [6.45, 7) is -0.0382. The molecule has 0 aliphatic carbocycles. The Morgan fingerprint density at radius 1 is 1.33 bits per heavy atom. The van der Waals surface area contributed by atoms with Gasteiger partial charge < -0.3 is 9.84 Å². The van der Waals surface area contributed by atoms with Gasteiger partial charge in [-0.3, -0.25) is 5.32 Å². The van der Waals surface area contributed by atoms with Crippen LogP contribution < -0.4 is 10.1 Å². The first-order chi connectivity index (χ1) is 11.6. The molecule has 1 fully saturated rings. The van der Waals surface area contributed by atoms with E-state index in [4.69, 9.17) is 21.6 Å². The molecule has 2 aromatic rings. The zero-order valence-electron chi connectivity index (χ0n) is 13.0. The maximum atomic E-state index is 14.3. The summed E-state index contributed by atoms with van der Waals surface area (Å²) < 4.78 is 19.3. The molecule has 0 radical (unpaired) electrons. The summed E-state index contributed by atoms with van der Waals surface area (Å²) in [5.74, 6) is -0.174. The lowest BCUT2D eigenvalue weighted by atomic mass is 9.78. The van der Waals surface area contributed by atoms with E-state index in [2.05, 4.69) is 11.4 Å². The van der Waals surface area contributed by atoms with Gasteiger partial charge in [-0.25, -0.2) is 4.39 Å². The third-order valence-corrected chi connectivity index (χ3v) is 4.66. The van der Waals surface area contributed by atoms with Gasteiger partial charge in [-0.1, -0.05) is 35.9 Å². The van der Waals surface area contributed by atoms with E-state index in [-0.39, 0.29) is 29.6 Å². The van der Waals surface area contributed by atoms with Crippen molar-refractivity contribution in [2.45, 2.75) is 18.0 Å². The highest BCUT2D eigenvalue weighted by molar-refractivity contribution is 6.33. The van der Waals surface area contributed by atoms with Crippen molar-refractivity contribution < 1.29 is 14.2 Å². The molecular weight excluding hydrogens is 331 g/mol. The number of rotatable bonds is 4. The van der Waals surface area contributed by atoms with Crippen molar-refractivity contribution in [1.29, 1.82) is 5.26 Å². The Morgan fingerprint density at radius 2 is 2.04 bits per heavy atom. The second-order valence-corrected chi connectivity index (χ2v) is 6.08. The number of halogens is 2. The monoisotopic (exact) mass is 346 g/mol. The number of hydrogen-bond donors (Lipinski definition) is 2. The number of hydrogen-bond acceptors (Lipinski definition) is 4. The predicted octanol–water partition coefficient (Wildman–Crippen LogP) is 3.09. The standard InChI is InChI=1S/C18H16ClFN2O2/c1-24-12-6-13(19)17(14(20)7-12)10-2-4-11(5-3-10)18-15(8-21)22-16(18)9-23/h2-7,15-16,18,22-23H,9H2,1H3/t15-,16-,18+/m0/s1. The minimum Gasteiger partial charge on any atom is -0.497 e. The van der Waals surface area contributed by atoms with Crippen LogP contribution in [0.4, 0.5) is 4.39 Å². The second kappa shape index (κ2) is 6.78. The van der Waals surface area contributed by atoms with Crippen LogP contribution in [0.15, 0.2) is 36.4 Å². The molecule has 3 atom stereocenters. The Kier molecular flexibility index (Phi) is 4.72. The van der Waals surface area contributed by atoms with Gasteiger partial charge in [-0.2, -0.15) is 5.26 Å². The van der Waals surface area contributed by atoms with Crippen LogP contribution in [0.5, 0.6) is 5.75 Å². The van der Waals surface area contributed by atoms with Crippen molar-refractivity contribution in [1.82, 2.24) is 5.32 Å². The van der Waals surface area contributed by atoms with Crippen LogP contribution in [0.2, 0.25) is 5.02 Å². The zero-order valence-corrected chi connectivity index (χ0v) is 13.7. The third kappa shape index (κ3) is 2.84. The molecule has 4 nitrogen and oxygen atoms in total. The van der Waals surface area contributed by atoms with Crippen LogP contribution in [0, 0.1) is 17.1 Å². The smallest absolute Gasteiger partial charge is 0.136 e. The first kappa shape index (κ1) is 16.7. The first-order valence-electron chi connectivity index (χ1n) is 7.49. The van der Waals surface area contributed by atoms with E-state index >= 15 is 0 Å². The quantitative estimate of drug-likeness (QED) is 0.892. The molecule has 0 unspecified atom stereocenters. The number of benzene rings is 2. The molecule has 3 rings (SSSR count). The first-order valence-corrected chi connectivity index (χ1v) is 7.86. The van der Waals surface area contributed by atoms with E-state index in [1.165, 1.54) is 13.2 Å². The fourth-order valence-electron chi connectivity index (χ4n) is 3.08. The van der Waals surface area contributed by atoms with E-state index in [1.807, 2.05) is 12.1 Å². The summed E-state index contributed by atoms with van der Waals surface area (Å²) in [6.07, 6.45) is 0. The summed E-state index contributed by atoms with van der Waals surface area (Å²) in [7, 11) is 1.45. The Balaban J connectivity index is 1.92. The zero-order chi connectivity index (χ0) is 17.3. The van der Waals surface area contributed by atoms with Crippen LogP contribution in [0.25, 0.3) is 11.1 Å². The van der Waals surface area contributed by atoms with Crippen LogP contribution in [-0.2, 0) is 0 Å². The number of aliphatic hydroxyl groups is 1. The molecule has 0 saturated carbocycles. The molecule has 6 heteroatoms. The minimum atomic E-state index is -0.458. The number of aliphatic hydroxyl groups excluding tert-OH is 1. The molecule has 2 N–H and O–H groups in total. The number of methoxy groups -OCH3 is 1. The van der Waals surface area contributed by atoms with Crippen molar-refractivity contribution in [2.24, 2.45) is 0 Å². The Morgan fingerprint density at radius 3 is 2.58 bits per heavy atom. The topological polar surface area (TPSA) is 65.3 Å². The molecule has 1 saturated heterocycles. The summed E-state index contributed by atoms with van der Waals surface area (Å²) >= 11 is 6.17. The van der Waals surface area contributed by atoms with Crippen LogP contribution in [0.1, 0.15) is 11.5 Å². The molecule has 2 aromatic carbocycles. The fraction of sp³-hybridized carbons (Fsp3) is 0.278. The lowest BCUT2D eigenvalue weighted by Gasteiger charge is -2.41. The molecule has 124 valence electrons. The largest absolute Gasteiger partial charge is 0.497 e. The van der Waals surface area contributed by atoms with E-state index in [9.17, 15) is 9.50 Å². The molecule has 0 spiro atoms. The molecule has 1 aliphatic rings. The maximum absolute atomic E-state index is 14.3. The molecule has 0 aromatic heterocycles. The SMILES string of the molecule is COc1cc(F)c(-c2ccc([C@@H]3[C@H](C#N)N[C@H]3CO)cc2)c(Cl)c1. The highest BCUT2D eigenvalue weighted by Crippen LogP contribution is 2.36. The van der Waals surface area contributed by atoms with Gasteiger partial charge >= 0.3 is 0 Å². The summed E-state index contributed by atoms with van der Waals surface area (Å²) in [5.41, 5.74) is 1.88. The predicted molar refractivity (Wildman–Crippen MR) is 89.5 cm³/mol. The van der Waals surface area contributed by atoms with E-state index in [0.717, 1.165) is 5.56 Å².